The lowest BCUT2D eigenvalue weighted by atomic mass is 9.94. The van der Waals surface area contributed by atoms with E-state index in [-0.39, 0.29) is 5.91 Å². The molecule has 0 saturated heterocycles. The molecule has 0 aliphatic heterocycles. The van der Waals surface area contributed by atoms with Crippen LogP contribution in [0.2, 0.25) is 0 Å². The fourth-order valence-electron chi connectivity index (χ4n) is 3.19. The molecule has 2 saturated carbocycles. The lowest BCUT2D eigenvalue weighted by molar-refractivity contribution is -0.115. The number of anilines is 1. The largest absolute Gasteiger partial charge is 0.308 e. The van der Waals surface area contributed by atoms with Gasteiger partial charge in [-0.05, 0) is 51.9 Å². The summed E-state index contributed by atoms with van der Waals surface area (Å²) < 4.78 is 2.06. The fraction of sp³-hybridized carbons (Fsp3) is 0.647. The summed E-state index contributed by atoms with van der Waals surface area (Å²) in [7, 11) is 0. The molecular formula is C17H24N6O. The number of nitrogens with one attached hydrogen (secondary N) is 1. The summed E-state index contributed by atoms with van der Waals surface area (Å²) in [6.07, 6.45) is 8.04. The molecule has 7 heteroatoms. The van der Waals surface area contributed by atoms with E-state index in [0.29, 0.717) is 18.3 Å². The summed E-state index contributed by atoms with van der Waals surface area (Å²) in [5.41, 5.74) is 3.08. The molecular weight excluding hydrogens is 304 g/mol. The Kier molecular flexibility index (Phi) is 3.86. The van der Waals surface area contributed by atoms with Crippen LogP contribution >= 0.6 is 0 Å². The minimum Gasteiger partial charge on any atom is -0.308 e. The SMILES string of the molecule is Cc1nn(CC2CC2)c(C)c1CC(=O)Nc1cnn(C2CCC2)n1. The molecule has 1 amide bonds. The van der Waals surface area contributed by atoms with Gasteiger partial charge in [0.25, 0.3) is 0 Å². The number of carbonyl (C=O) groups is 1. The van der Waals surface area contributed by atoms with Gasteiger partial charge >= 0.3 is 0 Å². The molecule has 128 valence electrons. The van der Waals surface area contributed by atoms with Gasteiger partial charge in [0.15, 0.2) is 5.82 Å². The first-order valence-corrected chi connectivity index (χ1v) is 8.84. The van der Waals surface area contributed by atoms with E-state index in [1.165, 1.54) is 19.3 Å². The molecule has 1 N–H and O–H groups in total. The van der Waals surface area contributed by atoms with Gasteiger partial charge in [-0.3, -0.25) is 9.48 Å². The monoisotopic (exact) mass is 328 g/mol. The van der Waals surface area contributed by atoms with Gasteiger partial charge in [-0.25, -0.2) is 0 Å². The van der Waals surface area contributed by atoms with E-state index in [2.05, 4.69) is 32.2 Å². The lowest BCUT2D eigenvalue weighted by Gasteiger charge is -2.23. The Morgan fingerprint density at radius 1 is 1.25 bits per heavy atom. The molecule has 24 heavy (non-hydrogen) atoms. The summed E-state index contributed by atoms with van der Waals surface area (Å²) >= 11 is 0. The van der Waals surface area contributed by atoms with Crippen LogP contribution in [0.5, 0.6) is 0 Å². The Bertz CT molecular complexity index is 753. The van der Waals surface area contributed by atoms with Crippen molar-refractivity contribution in [2.24, 2.45) is 5.92 Å². The molecule has 2 aliphatic carbocycles. The van der Waals surface area contributed by atoms with Gasteiger partial charge in [0.05, 0.1) is 24.4 Å². The van der Waals surface area contributed by atoms with E-state index in [0.717, 1.165) is 42.3 Å². The van der Waals surface area contributed by atoms with Gasteiger partial charge in [0.2, 0.25) is 5.91 Å². The van der Waals surface area contributed by atoms with Crippen molar-refractivity contribution in [3.05, 3.63) is 23.1 Å². The predicted octanol–water partition coefficient (Wildman–Crippen LogP) is 2.41. The van der Waals surface area contributed by atoms with Crippen LogP contribution in [-0.2, 0) is 17.8 Å². The molecule has 0 aromatic carbocycles. The van der Waals surface area contributed by atoms with E-state index in [1.54, 1.807) is 11.0 Å². The smallest absolute Gasteiger partial charge is 0.230 e. The summed E-state index contributed by atoms with van der Waals surface area (Å²) in [5.74, 6) is 1.24. The second-order valence-corrected chi connectivity index (χ2v) is 7.13. The van der Waals surface area contributed by atoms with Crippen LogP contribution < -0.4 is 5.32 Å². The third kappa shape index (κ3) is 3.07. The average molecular weight is 328 g/mol. The normalized spacial score (nSPS) is 17.8. The molecule has 0 bridgehead atoms. The summed E-state index contributed by atoms with van der Waals surface area (Å²) in [4.78, 5) is 14.1. The van der Waals surface area contributed by atoms with E-state index in [4.69, 9.17) is 0 Å². The Morgan fingerprint density at radius 2 is 2.04 bits per heavy atom. The van der Waals surface area contributed by atoms with Crippen LogP contribution in [-0.4, -0.2) is 30.7 Å². The van der Waals surface area contributed by atoms with Crippen molar-refractivity contribution in [2.75, 3.05) is 5.32 Å². The van der Waals surface area contributed by atoms with Gasteiger partial charge in [0, 0.05) is 17.8 Å². The Labute approximate surface area is 141 Å². The Morgan fingerprint density at radius 3 is 2.71 bits per heavy atom. The Balaban J connectivity index is 1.40. The van der Waals surface area contributed by atoms with Crippen LogP contribution in [0.3, 0.4) is 0 Å². The third-order valence-corrected chi connectivity index (χ3v) is 5.17. The molecule has 2 aromatic rings. The number of aromatic nitrogens is 5. The van der Waals surface area contributed by atoms with Gasteiger partial charge in [0.1, 0.15) is 0 Å². The molecule has 2 aromatic heterocycles. The summed E-state index contributed by atoms with van der Waals surface area (Å²) in [6.45, 7) is 5.01. The molecule has 7 nitrogen and oxygen atoms in total. The lowest BCUT2D eigenvalue weighted by Crippen LogP contribution is -2.20. The van der Waals surface area contributed by atoms with E-state index in [1.807, 2.05) is 6.92 Å². The van der Waals surface area contributed by atoms with Crippen molar-refractivity contribution in [3.63, 3.8) is 0 Å². The zero-order valence-corrected chi connectivity index (χ0v) is 14.3. The number of nitrogens with zero attached hydrogens (tertiary/aromatic N) is 5. The minimum absolute atomic E-state index is 0.0622. The van der Waals surface area contributed by atoms with Crippen LogP contribution in [0.4, 0.5) is 5.82 Å². The van der Waals surface area contributed by atoms with Gasteiger partial charge in [-0.1, -0.05) is 0 Å². The average Bonchev–Trinajstić information content (AvgIpc) is 3.14. The maximum atomic E-state index is 12.4. The topological polar surface area (TPSA) is 77.6 Å². The predicted molar refractivity (Wildman–Crippen MR) is 89.7 cm³/mol. The highest BCUT2D eigenvalue weighted by molar-refractivity contribution is 5.91. The van der Waals surface area contributed by atoms with Crippen molar-refractivity contribution >= 4 is 11.7 Å². The third-order valence-electron chi connectivity index (χ3n) is 5.17. The standard InChI is InChI=1S/C17H24N6O/c1-11-15(12(2)22(20-11)10-13-6-7-13)8-17(24)19-16-9-18-23(21-16)14-4-3-5-14/h9,13-14H,3-8,10H2,1-2H3,(H,19,21,24). The Hall–Kier alpha value is -2.18. The quantitative estimate of drug-likeness (QED) is 0.883. The maximum Gasteiger partial charge on any atom is 0.230 e. The molecule has 0 unspecified atom stereocenters. The first kappa shape index (κ1) is 15.4. The highest BCUT2D eigenvalue weighted by atomic mass is 16.1. The van der Waals surface area contributed by atoms with Crippen LogP contribution in [0.1, 0.15) is 55.1 Å². The highest BCUT2D eigenvalue weighted by Crippen LogP contribution is 2.31. The number of rotatable bonds is 6. The molecule has 4 rings (SSSR count). The molecule has 0 atom stereocenters. The van der Waals surface area contributed by atoms with Crippen LogP contribution in [0.25, 0.3) is 0 Å². The van der Waals surface area contributed by atoms with Crippen molar-refractivity contribution in [2.45, 2.75) is 65.0 Å². The first-order valence-electron chi connectivity index (χ1n) is 8.84. The zero-order chi connectivity index (χ0) is 16.7. The summed E-state index contributed by atoms with van der Waals surface area (Å²) in [5, 5.41) is 16.1. The van der Waals surface area contributed by atoms with Gasteiger partial charge in [-0.2, -0.15) is 15.0 Å². The number of aryl methyl sites for hydroxylation is 1. The second-order valence-electron chi connectivity index (χ2n) is 7.13. The van der Waals surface area contributed by atoms with E-state index < -0.39 is 0 Å². The fourth-order valence-corrected chi connectivity index (χ4v) is 3.19. The maximum absolute atomic E-state index is 12.4. The van der Waals surface area contributed by atoms with Gasteiger partial charge < -0.3 is 5.32 Å². The molecule has 2 heterocycles. The van der Waals surface area contributed by atoms with E-state index in [9.17, 15) is 4.79 Å². The first-order chi connectivity index (χ1) is 11.6. The highest BCUT2D eigenvalue weighted by Gasteiger charge is 2.25. The van der Waals surface area contributed by atoms with Crippen molar-refractivity contribution < 1.29 is 4.79 Å². The molecule has 2 aliphatic rings. The number of carbonyl (C=O) groups excluding carboxylic acids is 1. The number of hydrogen-bond donors (Lipinski definition) is 1. The van der Waals surface area contributed by atoms with E-state index >= 15 is 0 Å². The van der Waals surface area contributed by atoms with Crippen molar-refractivity contribution in [1.29, 1.82) is 0 Å². The van der Waals surface area contributed by atoms with Crippen molar-refractivity contribution in [1.82, 2.24) is 24.8 Å². The molecule has 0 radical (unpaired) electrons. The zero-order valence-electron chi connectivity index (χ0n) is 14.3. The number of hydrogen-bond acceptors (Lipinski definition) is 4. The minimum atomic E-state index is -0.0622. The van der Waals surface area contributed by atoms with Gasteiger partial charge in [-0.15, -0.1) is 5.10 Å². The molecule has 2 fully saturated rings. The summed E-state index contributed by atoms with van der Waals surface area (Å²) in [6, 6.07) is 0.404. The van der Waals surface area contributed by atoms with Crippen LogP contribution in [0, 0.1) is 19.8 Å². The molecule has 0 spiro atoms. The van der Waals surface area contributed by atoms with Crippen LogP contribution in [0.15, 0.2) is 6.20 Å². The van der Waals surface area contributed by atoms with Crippen molar-refractivity contribution in [3.8, 4) is 0 Å². The number of amides is 1. The second kappa shape index (κ2) is 6.03.